The lowest BCUT2D eigenvalue weighted by molar-refractivity contribution is 0.533. The molecule has 0 saturated heterocycles. The smallest absolute Gasteiger partial charge is 0.0873 e. The molecule has 1 rings (SSSR count). The predicted octanol–water partition coefficient (Wildman–Crippen LogP) is 0.587. The second-order valence-corrected chi connectivity index (χ2v) is 2.34. The van der Waals surface area contributed by atoms with Gasteiger partial charge in [-0.15, -0.1) is 0 Å². The standard InChI is InChI=1S/C9H10O2/c1-7-3-2-4-8(5-10)9(7)6-11/h2-6,10-11H,1H3. The van der Waals surface area contributed by atoms with Gasteiger partial charge in [-0.2, -0.15) is 0 Å². The molecule has 0 aliphatic rings. The van der Waals surface area contributed by atoms with Crippen LogP contribution in [0.5, 0.6) is 0 Å². The van der Waals surface area contributed by atoms with Crippen molar-refractivity contribution in [3.8, 4) is 0 Å². The van der Waals surface area contributed by atoms with Gasteiger partial charge in [-0.05, 0) is 12.5 Å². The van der Waals surface area contributed by atoms with Gasteiger partial charge >= 0.3 is 0 Å². The molecule has 0 radical (unpaired) electrons. The quantitative estimate of drug-likeness (QED) is 0.568. The van der Waals surface area contributed by atoms with E-state index in [1.807, 2.05) is 19.1 Å². The number of hydrogen-bond acceptors (Lipinski definition) is 2. The van der Waals surface area contributed by atoms with Crippen LogP contribution in [0.15, 0.2) is 18.2 Å². The predicted molar refractivity (Wildman–Crippen MR) is 44.6 cm³/mol. The maximum atomic E-state index is 8.77. The van der Waals surface area contributed by atoms with Crippen molar-refractivity contribution in [2.24, 2.45) is 0 Å². The number of aliphatic hydroxyl groups is 2. The lowest BCUT2D eigenvalue weighted by Crippen LogP contribution is -2.26. The molecule has 0 heterocycles. The third kappa shape index (κ3) is 1.34. The topological polar surface area (TPSA) is 40.5 Å². The summed E-state index contributed by atoms with van der Waals surface area (Å²) in [6.45, 7) is 1.87. The molecule has 58 valence electrons. The Morgan fingerprint density at radius 1 is 1.18 bits per heavy atom. The summed E-state index contributed by atoms with van der Waals surface area (Å²) in [6, 6.07) is 5.43. The van der Waals surface area contributed by atoms with Crippen LogP contribution in [0.2, 0.25) is 0 Å². The minimum absolute atomic E-state index is 0.632. The van der Waals surface area contributed by atoms with Gasteiger partial charge in [0, 0.05) is 10.4 Å². The highest BCUT2D eigenvalue weighted by atomic mass is 16.2. The van der Waals surface area contributed by atoms with E-state index in [0.29, 0.717) is 10.4 Å². The molecule has 1 aromatic rings. The van der Waals surface area contributed by atoms with Crippen molar-refractivity contribution < 1.29 is 10.2 Å². The third-order valence-electron chi connectivity index (χ3n) is 1.63. The average Bonchev–Trinajstić information content (AvgIpc) is 2.04. The highest BCUT2D eigenvalue weighted by Crippen LogP contribution is 1.82. The van der Waals surface area contributed by atoms with Crippen LogP contribution >= 0.6 is 0 Å². The average molecular weight is 150 g/mol. The molecule has 0 amide bonds. The lowest BCUT2D eigenvalue weighted by atomic mass is 10.1. The van der Waals surface area contributed by atoms with Crippen LogP contribution in [0.4, 0.5) is 0 Å². The second kappa shape index (κ2) is 3.10. The number of benzene rings is 1. The van der Waals surface area contributed by atoms with Crippen LogP contribution in [0.3, 0.4) is 0 Å². The summed E-state index contributed by atoms with van der Waals surface area (Å²) < 4.78 is 0. The molecule has 2 nitrogen and oxygen atoms in total. The van der Waals surface area contributed by atoms with E-state index >= 15 is 0 Å². The van der Waals surface area contributed by atoms with Crippen molar-refractivity contribution >= 4 is 12.5 Å². The maximum Gasteiger partial charge on any atom is 0.0873 e. The van der Waals surface area contributed by atoms with Crippen molar-refractivity contribution in [3.05, 3.63) is 34.2 Å². The fourth-order valence-corrected chi connectivity index (χ4v) is 0.992. The Kier molecular flexibility index (Phi) is 2.16. The van der Waals surface area contributed by atoms with Gasteiger partial charge in [0.2, 0.25) is 0 Å². The normalized spacial score (nSPS) is 13.9. The van der Waals surface area contributed by atoms with Gasteiger partial charge in [0.1, 0.15) is 0 Å². The van der Waals surface area contributed by atoms with E-state index in [9.17, 15) is 0 Å². The molecule has 1 aromatic carbocycles. The monoisotopic (exact) mass is 150 g/mol. The second-order valence-electron chi connectivity index (χ2n) is 2.34. The summed E-state index contributed by atoms with van der Waals surface area (Å²) in [5.41, 5.74) is 0.940. The molecule has 2 N–H and O–H groups in total. The Bertz CT molecular complexity index is 352. The van der Waals surface area contributed by atoms with Gasteiger partial charge in [0.25, 0.3) is 0 Å². The molecule has 0 saturated carbocycles. The molecule has 0 aliphatic carbocycles. The van der Waals surface area contributed by atoms with Gasteiger partial charge in [-0.1, -0.05) is 18.2 Å². The van der Waals surface area contributed by atoms with Crippen molar-refractivity contribution in [1.29, 1.82) is 0 Å². The van der Waals surface area contributed by atoms with E-state index in [0.717, 1.165) is 18.1 Å². The number of aliphatic hydroxyl groups excluding tert-OH is 2. The van der Waals surface area contributed by atoms with Crippen LogP contribution in [-0.2, 0) is 0 Å². The van der Waals surface area contributed by atoms with Gasteiger partial charge in [0.15, 0.2) is 0 Å². The first-order valence-corrected chi connectivity index (χ1v) is 3.34. The molecule has 0 bridgehead atoms. The van der Waals surface area contributed by atoms with Gasteiger partial charge in [-0.25, -0.2) is 0 Å². The highest BCUT2D eigenvalue weighted by molar-refractivity contribution is 5.28. The first-order valence-electron chi connectivity index (χ1n) is 3.34. The van der Waals surface area contributed by atoms with E-state index in [-0.39, 0.29) is 0 Å². The van der Waals surface area contributed by atoms with Crippen molar-refractivity contribution in [2.75, 3.05) is 0 Å². The molecule has 0 aromatic heterocycles. The number of aryl methyl sites for hydroxylation is 1. The zero-order valence-electron chi connectivity index (χ0n) is 6.28. The van der Waals surface area contributed by atoms with Crippen LogP contribution in [0.1, 0.15) is 5.56 Å². The minimum atomic E-state index is 0.632. The zero-order chi connectivity index (χ0) is 8.27. The highest BCUT2D eigenvalue weighted by Gasteiger charge is 1.88. The third-order valence-corrected chi connectivity index (χ3v) is 1.63. The van der Waals surface area contributed by atoms with Crippen LogP contribution in [0, 0.1) is 6.92 Å². The first-order chi connectivity index (χ1) is 5.29. The molecule has 2 heteroatoms. The molecule has 0 unspecified atom stereocenters. The van der Waals surface area contributed by atoms with Gasteiger partial charge in [-0.3, -0.25) is 0 Å². The van der Waals surface area contributed by atoms with E-state index in [2.05, 4.69) is 0 Å². The Labute approximate surface area is 64.7 Å². The van der Waals surface area contributed by atoms with E-state index in [1.165, 1.54) is 0 Å². The van der Waals surface area contributed by atoms with Gasteiger partial charge in [0.05, 0.1) is 12.5 Å². The fourth-order valence-electron chi connectivity index (χ4n) is 0.992. The Hall–Kier alpha value is -1.44. The lowest BCUT2D eigenvalue weighted by Gasteiger charge is -1.92. The fraction of sp³-hybridized carbons (Fsp3) is 0.111. The van der Waals surface area contributed by atoms with Crippen molar-refractivity contribution in [1.82, 2.24) is 0 Å². The number of rotatable bonds is 0. The number of hydrogen-bond donors (Lipinski definition) is 2. The van der Waals surface area contributed by atoms with Crippen LogP contribution < -0.4 is 10.4 Å². The molecule has 0 spiro atoms. The van der Waals surface area contributed by atoms with E-state index in [1.54, 1.807) is 6.07 Å². The van der Waals surface area contributed by atoms with Crippen LogP contribution in [0.25, 0.3) is 12.5 Å². The van der Waals surface area contributed by atoms with Crippen LogP contribution in [-0.4, -0.2) is 10.2 Å². The summed E-state index contributed by atoms with van der Waals surface area (Å²) in [6.07, 6.45) is 1.98. The molecular weight excluding hydrogens is 140 g/mol. The molecule has 11 heavy (non-hydrogen) atoms. The van der Waals surface area contributed by atoms with Crippen molar-refractivity contribution in [3.63, 3.8) is 0 Å². The van der Waals surface area contributed by atoms with Gasteiger partial charge < -0.3 is 10.2 Å². The molecule has 0 fully saturated rings. The van der Waals surface area contributed by atoms with E-state index < -0.39 is 0 Å². The summed E-state index contributed by atoms with van der Waals surface area (Å²) in [5.74, 6) is 0. The first kappa shape index (κ1) is 7.66. The SMILES string of the molecule is Cc1cccc(=CO)c1=CO. The summed E-state index contributed by atoms with van der Waals surface area (Å²) in [5, 5.41) is 18.8. The Morgan fingerprint density at radius 2 is 1.91 bits per heavy atom. The summed E-state index contributed by atoms with van der Waals surface area (Å²) in [7, 11) is 0. The summed E-state index contributed by atoms with van der Waals surface area (Å²) in [4.78, 5) is 0. The van der Waals surface area contributed by atoms with E-state index in [4.69, 9.17) is 10.2 Å². The summed E-state index contributed by atoms with van der Waals surface area (Å²) >= 11 is 0. The Morgan fingerprint density at radius 3 is 2.36 bits per heavy atom. The Balaban J connectivity index is 3.65. The minimum Gasteiger partial charge on any atom is -0.515 e. The molecule has 0 aliphatic heterocycles. The molecular formula is C9H10O2. The largest absolute Gasteiger partial charge is 0.515 e. The maximum absolute atomic E-state index is 8.77. The zero-order valence-corrected chi connectivity index (χ0v) is 6.28. The van der Waals surface area contributed by atoms with Crippen molar-refractivity contribution in [2.45, 2.75) is 6.92 Å². The molecule has 0 atom stereocenters.